The zero-order valence-electron chi connectivity index (χ0n) is 9.20. The smallest absolute Gasteiger partial charge is 0.309 e. The van der Waals surface area contributed by atoms with E-state index in [1.807, 2.05) is 0 Å². The van der Waals surface area contributed by atoms with Gasteiger partial charge in [0.15, 0.2) is 0 Å². The topological polar surface area (TPSA) is 52.6 Å². The van der Waals surface area contributed by atoms with Crippen molar-refractivity contribution < 1.29 is 19.1 Å². The average molecular weight is 202 g/mol. The highest BCUT2D eigenvalue weighted by Crippen LogP contribution is 2.07. The van der Waals surface area contributed by atoms with E-state index >= 15 is 0 Å². The van der Waals surface area contributed by atoms with Gasteiger partial charge >= 0.3 is 11.9 Å². The summed E-state index contributed by atoms with van der Waals surface area (Å²) >= 11 is 0. The molecule has 0 aromatic heterocycles. The van der Waals surface area contributed by atoms with Crippen molar-refractivity contribution >= 4 is 11.9 Å². The van der Waals surface area contributed by atoms with E-state index < -0.39 is 5.92 Å². The van der Waals surface area contributed by atoms with Crippen LogP contribution in [0, 0.1) is 5.92 Å². The summed E-state index contributed by atoms with van der Waals surface area (Å²) in [6.45, 7) is 7.27. The van der Waals surface area contributed by atoms with Gasteiger partial charge in [-0.1, -0.05) is 6.92 Å². The minimum atomic E-state index is -0.434. The lowest BCUT2D eigenvalue weighted by molar-refractivity contribution is -0.157. The molecule has 0 spiro atoms. The van der Waals surface area contributed by atoms with E-state index in [1.165, 1.54) is 0 Å². The molecule has 0 aliphatic rings. The fourth-order valence-electron chi connectivity index (χ4n) is 0.902. The standard InChI is InChI=1S/C10H18O4/c1-5-13-9(11)6-8(4)10(12)14-7(2)3/h7-8H,5-6H2,1-4H3. The molecule has 14 heavy (non-hydrogen) atoms. The predicted octanol–water partition coefficient (Wildman–Crippen LogP) is 1.53. The molecule has 0 aliphatic heterocycles. The van der Waals surface area contributed by atoms with Crippen LogP contribution in [0.3, 0.4) is 0 Å². The van der Waals surface area contributed by atoms with Gasteiger partial charge in [-0.3, -0.25) is 9.59 Å². The van der Waals surface area contributed by atoms with Crippen LogP contribution in [-0.4, -0.2) is 24.6 Å². The summed E-state index contributed by atoms with van der Waals surface area (Å²) in [4.78, 5) is 22.3. The molecule has 0 fully saturated rings. The van der Waals surface area contributed by atoms with Crippen LogP contribution in [0.5, 0.6) is 0 Å². The van der Waals surface area contributed by atoms with Crippen LogP contribution in [0.15, 0.2) is 0 Å². The van der Waals surface area contributed by atoms with E-state index in [9.17, 15) is 9.59 Å². The Bertz CT molecular complexity index is 198. The lowest BCUT2D eigenvalue weighted by Gasteiger charge is -2.12. The molecular weight excluding hydrogens is 184 g/mol. The summed E-state index contributed by atoms with van der Waals surface area (Å²) in [5.41, 5.74) is 0. The summed E-state index contributed by atoms with van der Waals surface area (Å²) < 4.78 is 9.67. The van der Waals surface area contributed by atoms with Gasteiger partial charge in [0.25, 0.3) is 0 Å². The Labute approximate surface area is 84.6 Å². The zero-order valence-corrected chi connectivity index (χ0v) is 9.20. The molecule has 82 valence electrons. The van der Waals surface area contributed by atoms with Gasteiger partial charge in [-0.05, 0) is 20.8 Å². The summed E-state index contributed by atoms with van der Waals surface area (Å²) in [7, 11) is 0. The average Bonchev–Trinajstić information content (AvgIpc) is 2.02. The fraction of sp³-hybridized carbons (Fsp3) is 0.800. The Hall–Kier alpha value is -1.06. The van der Waals surface area contributed by atoms with Crippen LogP contribution in [0.2, 0.25) is 0 Å². The highest BCUT2D eigenvalue weighted by Gasteiger charge is 2.19. The van der Waals surface area contributed by atoms with Gasteiger partial charge < -0.3 is 9.47 Å². The van der Waals surface area contributed by atoms with Crippen LogP contribution < -0.4 is 0 Å². The predicted molar refractivity (Wildman–Crippen MR) is 51.6 cm³/mol. The van der Waals surface area contributed by atoms with Crippen molar-refractivity contribution in [1.82, 2.24) is 0 Å². The molecule has 0 aromatic carbocycles. The molecule has 4 nitrogen and oxygen atoms in total. The van der Waals surface area contributed by atoms with Gasteiger partial charge in [0, 0.05) is 0 Å². The number of hydrogen-bond donors (Lipinski definition) is 0. The molecule has 0 rings (SSSR count). The molecule has 1 unspecified atom stereocenters. The molecule has 0 amide bonds. The highest BCUT2D eigenvalue weighted by molar-refractivity contribution is 5.79. The monoisotopic (exact) mass is 202 g/mol. The van der Waals surface area contributed by atoms with Crippen molar-refractivity contribution in [3.8, 4) is 0 Å². The van der Waals surface area contributed by atoms with Crippen LogP contribution in [0.4, 0.5) is 0 Å². The molecule has 0 saturated heterocycles. The summed E-state index contributed by atoms with van der Waals surface area (Å²) in [5, 5.41) is 0. The van der Waals surface area contributed by atoms with Gasteiger partial charge in [0.2, 0.25) is 0 Å². The molecule has 0 heterocycles. The summed E-state index contributed by atoms with van der Waals surface area (Å²) in [5.74, 6) is -1.15. The van der Waals surface area contributed by atoms with Gasteiger partial charge in [0.05, 0.1) is 25.0 Å². The fourth-order valence-corrected chi connectivity index (χ4v) is 0.902. The lowest BCUT2D eigenvalue weighted by atomic mass is 10.1. The summed E-state index contributed by atoms with van der Waals surface area (Å²) in [6, 6.07) is 0. The first-order valence-corrected chi connectivity index (χ1v) is 4.83. The summed E-state index contributed by atoms with van der Waals surface area (Å²) in [6.07, 6.45) is -0.0634. The van der Waals surface area contributed by atoms with E-state index in [1.54, 1.807) is 27.7 Å². The van der Waals surface area contributed by atoms with E-state index in [0.29, 0.717) is 6.61 Å². The van der Waals surface area contributed by atoms with Crippen molar-refractivity contribution in [2.75, 3.05) is 6.61 Å². The molecular formula is C10H18O4. The van der Waals surface area contributed by atoms with Crippen LogP contribution in [0.25, 0.3) is 0 Å². The maximum Gasteiger partial charge on any atom is 0.309 e. The zero-order chi connectivity index (χ0) is 11.1. The second-order valence-corrected chi connectivity index (χ2v) is 3.40. The third-order valence-corrected chi connectivity index (χ3v) is 1.53. The van der Waals surface area contributed by atoms with Crippen LogP contribution >= 0.6 is 0 Å². The quantitative estimate of drug-likeness (QED) is 0.634. The first-order valence-electron chi connectivity index (χ1n) is 4.83. The van der Waals surface area contributed by atoms with Crippen molar-refractivity contribution in [1.29, 1.82) is 0 Å². The molecule has 0 radical (unpaired) electrons. The maximum absolute atomic E-state index is 11.3. The Morgan fingerprint density at radius 1 is 1.21 bits per heavy atom. The Morgan fingerprint density at radius 2 is 1.79 bits per heavy atom. The second kappa shape index (κ2) is 6.40. The Balaban J connectivity index is 3.88. The van der Waals surface area contributed by atoms with Crippen LogP contribution in [0.1, 0.15) is 34.1 Å². The van der Waals surface area contributed by atoms with Crippen molar-refractivity contribution in [2.45, 2.75) is 40.2 Å². The Kier molecular flexibility index (Phi) is 5.92. The van der Waals surface area contributed by atoms with Crippen molar-refractivity contribution in [2.24, 2.45) is 5.92 Å². The number of carbonyl (C=O) groups is 2. The van der Waals surface area contributed by atoms with Gasteiger partial charge in [-0.2, -0.15) is 0 Å². The largest absolute Gasteiger partial charge is 0.466 e. The number of ether oxygens (including phenoxy) is 2. The van der Waals surface area contributed by atoms with E-state index in [0.717, 1.165) is 0 Å². The number of esters is 2. The molecule has 0 N–H and O–H groups in total. The SMILES string of the molecule is CCOC(=O)CC(C)C(=O)OC(C)C. The lowest BCUT2D eigenvalue weighted by Crippen LogP contribution is -2.22. The normalized spacial score (nSPS) is 12.4. The van der Waals surface area contributed by atoms with Crippen molar-refractivity contribution in [3.63, 3.8) is 0 Å². The minimum Gasteiger partial charge on any atom is -0.466 e. The van der Waals surface area contributed by atoms with Crippen molar-refractivity contribution in [3.05, 3.63) is 0 Å². The van der Waals surface area contributed by atoms with Gasteiger partial charge in [-0.25, -0.2) is 0 Å². The molecule has 0 saturated carbocycles. The number of hydrogen-bond acceptors (Lipinski definition) is 4. The van der Waals surface area contributed by atoms with E-state index in [4.69, 9.17) is 9.47 Å². The molecule has 0 bridgehead atoms. The van der Waals surface area contributed by atoms with Gasteiger partial charge in [-0.15, -0.1) is 0 Å². The van der Waals surface area contributed by atoms with Gasteiger partial charge in [0.1, 0.15) is 0 Å². The third-order valence-electron chi connectivity index (χ3n) is 1.53. The van der Waals surface area contributed by atoms with Crippen LogP contribution in [-0.2, 0) is 19.1 Å². The molecule has 0 aliphatic carbocycles. The molecule has 4 heteroatoms. The number of carbonyl (C=O) groups excluding carboxylic acids is 2. The minimum absolute atomic E-state index is 0.0827. The second-order valence-electron chi connectivity index (χ2n) is 3.40. The first-order chi connectivity index (χ1) is 6.47. The Morgan fingerprint density at radius 3 is 2.21 bits per heavy atom. The third kappa shape index (κ3) is 5.56. The maximum atomic E-state index is 11.3. The molecule has 0 aromatic rings. The first kappa shape index (κ1) is 12.9. The highest BCUT2D eigenvalue weighted by atomic mass is 16.5. The van der Waals surface area contributed by atoms with E-state index in [2.05, 4.69) is 0 Å². The van der Waals surface area contributed by atoms with E-state index in [-0.39, 0.29) is 24.5 Å². The number of rotatable bonds is 5. The molecule has 1 atom stereocenters.